The summed E-state index contributed by atoms with van der Waals surface area (Å²) >= 11 is 0. The maximum atomic E-state index is 11.7. The lowest BCUT2D eigenvalue weighted by molar-refractivity contribution is -0.112. The van der Waals surface area contributed by atoms with Crippen LogP contribution in [0.15, 0.2) is 60.7 Å². The molecule has 1 fully saturated rings. The first-order valence-corrected chi connectivity index (χ1v) is 13.0. The minimum Gasteiger partial charge on any atom is -0.465 e. The molecule has 3 rings (SSSR count). The lowest BCUT2D eigenvalue weighted by Crippen LogP contribution is -2.67. The number of carbonyl (C=O) groups is 2. The molecule has 1 unspecified atom stereocenters. The molecule has 1 N–H and O–H groups in total. The molecular formula is C25H33NO5Si. The molecule has 0 aliphatic carbocycles. The highest BCUT2D eigenvalue weighted by Crippen LogP contribution is 2.37. The van der Waals surface area contributed by atoms with E-state index in [1.165, 1.54) is 15.3 Å². The number of hydrogen-bond acceptors (Lipinski definition) is 4. The number of carbonyl (C=O) groups excluding carboxylic acids is 1. The molecule has 1 aliphatic rings. The number of benzene rings is 2. The van der Waals surface area contributed by atoms with Crippen LogP contribution in [0.5, 0.6) is 0 Å². The van der Waals surface area contributed by atoms with Gasteiger partial charge in [-0.25, -0.2) is 4.79 Å². The molecule has 1 amide bonds. The number of ether oxygens (including phenoxy) is 1. The van der Waals surface area contributed by atoms with Crippen molar-refractivity contribution < 1.29 is 23.9 Å². The molecular weight excluding hydrogens is 422 g/mol. The molecule has 0 bridgehead atoms. The predicted molar refractivity (Wildman–Crippen MR) is 127 cm³/mol. The van der Waals surface area contributed by atoms with Gasteiger partial charge < -0.3 is 24.0 Å². The first-order chi connectivity index (χ1) is 15.3. The van der Waals surface area contributed by atoms with E-state index in [1.54, 1.807) is 0 Å². The fourth-order valence-electron chi connectivity index (χ4n) is 4.57. The van der Waals surface area contributed by atoms with Crippen LogP contribution in [0.2, 0.25) is 5.04 Å². The van der Waals surface area contributed by atoms with Crippen molar-refractivity contribution in [2.45, 2.75) is 50.9 Å². The van der Waals surface area contributed by atoms with Crippen molar-refractivity contribution in [3.05, 3.63) is 60.7 Å². The predicted octanol–water partition coefficient (Wildman–Crippen LogP) is 3.29. The highest BCUT2D eigenvalue weighted by Gasteiger charge is 2.50. The number of nitrogens with zero attached hydrogens (tertiary/aromatic N) is 1. The second kappa shape index (κ2) is 10.4. The van der Waals surface area contributed by atoms with Crippen molar-refractivity contribution in [1.29, 1.82) is 0 Å². The van der Waals surface area contributed by atoms with Gasteiger partial charge >= 0.3 is 6.09 Å². The van der Waals surface area contributed by atoms with Crippen molar-refractivity contribution in [3.63, 3.8) is 0 Å². The molecule has 2 aromatic rings. The van der Waals surface area contributed by atoms with Crippen LogP contribution in [0.3, 0.4) is 0 Å². The smallest absolute Gasteiger partial charge is 0.407 e. The van der Waals surface area contributed by atoms with Gasteiger partial charge in [-0.15, -0.1) is 0 Å². The van der Waals surface area contributed by atoms with E-state index in [0.29, 0.717) is 12.8 Å². The van der Waals surface area contributed by atoms with E-state index in [0.717, 1.165) is 6.29 Å². The zero-order valence-corrected chi connectivity index (χ0v) is 20.1. The Hall–Kier alpha value is -2.48. The molecule has 1 aliphatic heterocycles. The Bertz CT molecular complexity index is 845. The molecule has 0 spiro atoms. The zero-order valence-electron chi connectivity index (χ0n) is 19.1. The maximum Gasteiger partial charge on any atom is 0.407 e. The Morgan fingerprint density at radius 1 is 1.06 bits per heavy atom. The summed E-state index contributed by atoms with van der Waals surface area (Å²) in [6, 6.07) is 20.7. The van der Waals surface area contributed by atoms with Crippen LogP contribution < -0.4 is 10.4 Å². The van der Waals surface area contributed by atoms with E-state index in [9.17, 15) is 14.7 Å². The molecule has 172 valence electrons. The molecule has 32 heavy (non-hydrogen) atoms. The van der Waals surface area contributed by atoms with Gasteiger partial charge in [0.25, 0.3) is 8.32 Å². The number of amides is 1. The van der Waals surface area contributed by atoms with Gasteiger partial charge in [-0.1, -0.05) is 81.4 Å². The summed E-state index contributed by atoms with van der Waals surface area (Å²) in [4.78, 5) is 23.9. The molecule has 2 atom stereocenters. The summed E-state index contributed by atoms with van der Waals surface area (Å²) in [6.07, 6.45) is 0.0242. The van der Waals surface area contributed by atoms with Crippen LogP contribution in [0, 0.1) is 0 Å². The molecule has 2 aromatic carbocycles. The number of aldehydes is 1. The van der Waals surface area contributed by atoms with Crippen LogP contribution in [0.25, 0.3) is 0 Å². The van der Waals surface area contributed by atoms with Gasteiger partial charge in [0, 0.05) is 6.42 Å². The second-order valence-electron chi connectivity index (χ2n) is 9.29. The summed E-state index contributed by atoms with van der Waals surface area (Å²) in [6.45, 7) is 7.44. The molecule has 1 heterocycles. The highest BCUT2D eigenvalue weighted by molar-refractivity contribution is 6.99. The molecule has 6 nitrogen and oxygen atoms in total. The zero-order chi connectivity index (χ0) is 23.2. The summed E-state index contributed by atoms with van der Waals surface area (Å²) < 4.78 is 13.1. The number of morpholine rings is 1. The number of rotatable bonds is 8. The van der Waals surface area contributed by atoms with Crippen LogP contribution in [0.4, 0.5) is 4.79 Å². The Balaban J connectivity index is 1.93. The third-order valence-corrected chi connectivity index (χ3v) is 11.0. The Labute approximate surface area is 191 Å². The van der Waals surface area contributed by atoms with E-state index in [2.05, 4.69) is 45.0 Å². The van der Waals surface area contributed by atoms with Gasteiger partial charge in [0.15, 0.2) is 0 Å². The summed E-state index contributed by atoms with van der Waals surface area (Å²) in [5.41, 5.74) is 0. The van der Waals surface area contributed by atoms with Crippen LogP contribution >= 0.6 is 0 Å². The fourth-order valence-corrected chi connectivity index (χ4v) is 9.16. The topological polar surface area (TPSA) is 76.1 Å². The third-order valence-electron chi connectivity index (χ3n) is 6.01. The van der Waals surface area contributed by atoms with E-state index in [1.807, 2.05) is 36.4 Å². The van der Waals surface area contributed by atoms with Crippen LogP contribution in [0.1, 0.15) is 33.6 Å². The van der Waals surface area contributed by atoms with Gasteiger partial charge in [-0.3, -0.25) is 0 Å². The molecule has 0 aromatic heterocycles. The third kappa shape index (κ3) is 5.28. The molecule has 0 saturated carbocycles. The van der Waals surface area contributed by atoms with Crippen molar-refractivity contribution in [2.75, 3.05) is 19.7 Å². The fraction of sp³-hybridized carbons (Fsp3) is 0.440. The van der Waals surface area contributed by atoms with Gasteiger partial charge in [0.05, 0.1) is 31.9 Å². The first-order valence-electron chi connectivity index (χ1n) is 11.1. The van der Waals surface area contributed by atoms with E-state index < -0.39 is 20.5 Å². The average molecular weight is 456 g/mol. The summed E-state index contributed by atoms with van der Waals surface area (Å²) in [7, 11) is -2.73. The highest BCUT2D eigenvalue weighted by atomic mass is 28.4. The SMILES string of the molecule is CC(C)(C)[Si](OC[C@@H]1CN(C(=O)O)CC(CCC=O)O1)(c1ccccc1)c1ccccc1. The quantitative estimate of drug-likeness (QED) is 0.488. The molecule has 0 radical (unpaired) electrons. The average Bonchev–Trinajstić information content (AvgIpc) is 2.78. The Morgan fingerprint density at radius 3 is 2.06 bits per heavy atom. The number of carboxylic acid groups (broad SMARTS) is 1. The summed E-state index contributed by atoms with van der Waals surface area (Å²) in [5, 5.41) is 11.7. The van der Waals surface area contributed by atoms with E-state index in [-0.39, 0.29) is 30.8 Å². The molecule has 7 heteroatoms. The van der Waals surface area contributed by atoms with Crippen molar-refractivity contribution in [2.24, 2.45) is 0 Å². The number of hydrogen-bond donors (Lipinski definition) is 1. The van der Waals surface area contributed by atoms with Crippen molar-refractivity contribution in [3.8, 4) is 0 Å². The van der Waals surface area contributed by atoms with Gasteiger partial charge in [0.1, 0.15) is 6.29 Å². The second-order valence-corrected chi connectivity index (χ2v) is 13.6. The van der Waals surface area contributed by atoms with Crippen molar-refractivity contribution in [1.82, 2.24) is 4.90 Å². The van der Waals surface area contributed by atoms with E-state index in [4.69, 9.17) is 9.16 Å². The van der Waals surface area contributed by atoms with Gasteiger partial charge in [0.2, 0.25) is 0 Å². The van der Waals surface area contributed by atoms with Crippen molar-refractivity contribution >= 4 is 31.1 Å². The minimum atomic E-state index is -2.73. The minimum absolute atomic E-state index is 0.173. The lowest BCUT2D eigenvalue weighted by atomic mass is 10.1. The largest absolute Gasteiger partial charge is 0.465 e. The van der Waals surface area contributed by atoms with E-state index >= 15 is 0 Å². The lowest BCUT2D eigenvalue weighted by Gasteiger charge is -2.45. The van der Waals surface area contributed by atoms with Gasteiger partial charge in [-0.05, 0) is 21.8 Å². The Morgan fingerprint density at radius 2 is 1.59 bits per heavy atom. The van der Waals surface area contributed by atoms with Crippen LogP contribution in [-0.2, 0) is 14.0 Å². The first kappa shape index (κ1) is 24.2. The normalized spacial score (nSPS) is 19.5. The maximum absolute atomic E-state index is 11.7. The molecule has 1 saturated heterocycles. The van der Waals surface area contributed by atoms with Gasteiger partial charge in [-0.2, -0.15) is 0 Å². The monoisotopic (exact) mass is 455 g/mol. The van der Waals surface area contributed by atoms with Crippen LogP contribution in [-0.4, -0.2) is 62.6 Å². The Kier molecular flexibility index (Phi) is 7.87. The standard InChI is InChI=1S/C25H33NO5Si/c1-25(2,3)32(22-12-6-4-7-13-22,23-14-8-5-9-15-23)30-19-21-18-26(24(28)29)17-20(31-21)11-10-16-27/h4-9,12-16,20-21H,10-11,17-19H2,1-3H3,(H,28,29)/t20?,21-/m0/s1. The summed E-state index contributed by atoms with van der Waals surface area (Å²) in [5.74, 6) is 0.